The second-order valence-corrected chi connectivity index (χ2v) is 6.50. The van der Waals surface area contributed by atoms with E-state index >= 15 is 0 Å². The van der Waals surface area contributed by atoms with Crippen molar-refractivity contribution >= 4 is 11.6 Å². The molecule has 1 aliphatic carbocycles. The van der Waals surface area contributed by atoms with E-state index in [0.29, 0.717) is 17.5 Å². The smallest absolute Gasteiger partial charge is 0.141 e. The lowest BCUT2D eigenvalue weighted by molar-refractivity contribution is -0.937. The van der Waals surface area contributed by atoms with Crippen LogP contribution >= 0.6 is 11.6 Å². The Morgan fingerprint density at radius 1 is 1.25 bits per heavy atom. The van der Waals surface area contributed by atoms with Crippen LogP contribution in [0.1, 0.15) is 45.4 Å². The Labute approximate surface area is 105 Å². The Balaban J connectivity index is 1.83. The predicted octanol–water partition coefficient (Wildman–Crippen LogP) is 1.38. The van der Waals surface area contributed by atoms with Gasteiger partial charge in [-0.25, -0.2) is 0 Å². The van der Waals surface area contributed by atoms with Crippen molar-refractivity contribution in [3.05, 3.63) is 0 Å². The third kappa shape index (κ3) is 3.12. The fraction of sp³-hybridized carbons (Fsp3) is 1.00. The zero-order valence-corrected chi connectivity index (χ0v) is 11.2. The Morgan fingerprint density at radius 3 is 2.81 bits per heavy atom. The molecule has 1 saturated heterocycles. The molecular formula is C13H26ClN2+. The molecule has 16 heavy (non-hydrogen) atoms. The van der Waals surface area contributed by atoms with E-state index in [1.165, 1.54) is 51.6 Å². The van der Waals surface area contributed by atoms with Gasteiger partial charge < -0.3 is 4.90 Å². The number of hydrogen-bond acceptors (Lipinski definition) is 1. The quantitative estimate of drug-likeness (QED) is 0.708. The van der Waals surface area contributed by atoms with Crippen LogP contribution in [0.3, 0.4) is 0 Å². The minimum atomic E-state index is 0.365. The van der Waals surface area contributed by atoms with Gasteiger partial charge in [0, 0.05) is 17.2 Å². The van der Waals surface area contributed by atoms with Gasteiger partial charge in [-0.05, 0) is 32.1 Å². The number of halogens is 1. The van der Waals surface area contributed by atoms with Gasteiger partial charge in [-0.2, -0.15) is 0 Å². The number of nitrogens with one attached hydrogen (secondary N) is 1. The second-order valence-electron chi connectivity index (χ2n) is 5.89. The van der Waals surface area contributed by atoms with E-state index in [4.69, 9.17) is 17.3 Å². The largest absolute Gasteiger partial charge is 0.320 e. The summed E-state index contributed by atoms with van der Waals surface area (Å²) in [4.78, 5) is 1.63. The Bertz CT molecular complexity index is 222. The fourth-order valence-electron chi connectivity index (χ4n) is 3.42. The highest BCUT2D eigenvalue weighted by Gasteiger charge is 2.32. The molecule has 2 nitrogen and oxygen atoms in total. The van der Waals surface area contributed by atoms with E-state index in [-0.39, 0.29) is 0 Å². The van der Waals surface area contributed by atoms with Gasteiger partial charge in [-0.1, -0.05) is 13.3 Å². The van der Waals surface area contributed by atoms with Crippen molar-refractivity contribution in [2.75, 3.05) is 13.1 Å². The zero-order chi connectivity index (χ0) is 11.5. The van der Waals surface area contributed by atoms with Crippen LogP contribution in [0, 0.1) is 11.8 Å². The highest BCUT2D eigenvalue weighted by atomic mass is 35.5. The molecule has 5 atom stereocenters. The van der Waals surface area contributed by atoms with E-state index in [1.807, 2.05) is 0 Å². The number of quaternary nitrogens is 1. The third-order valence-electron chi connectivity index (χ3n) is 4.51. The monoisotopic (exact) mass is 245 g/mol. The van der Waals surface area contributed by atoms with Crippen molar-refractivity contribution in [1.29, 1.82) is 0 Å². The summed E-state index contributed by atoms with van der Waals surface area (Å²) in [5.74, 6) is 1.52. The molecule has 0 amide bonds. The van der Waals surface area contributed by atoms with Gasteiger partial charge in [0.2, 0.25) is 0 Å². The lowest BCUT2D eigenvalue weighted by atomic mass is 9.87. The SMILES string of the molecule is CC1CCC[NH+](CC2CCCC(Cl)C2)C1N. The van der Waals surface area contributed by atoms with Crippen LogP contribution < -0.4 is 10.6 Å². The first-order valence-electron chi connectivity index (χ1n) is 6.91. The first kappa shape index (κ1) is 12.7. The van der Waals surface area contributed by atoms with E-state index in [0.717, 1.165) is 5.92 Å². The summed E-state index contributed by atoms with van der Waals surface area (Å²) in [6.07, 6.45) is 8.14. The second kappa shape index (κ2) is 5.70. The van der Waals surface area contributed by atoms with Gasteiger partial charge in [0.15, 0.2) is 0 Å². The zero-order valence-electron chi connectivity index (χ0n) is 10.4. The van der Waals surface area contributed by atoms with Gasteiger partial charge in [0.05, 0.1) is 13.1 Å². The van der Waals surface area contributed by atoms with Gasteiger partial charge in [0.25, 0.3) is 0 Å². The molecule has 2 aliphatic rings. The average Bonchev–Trinajstić information content (AvgIpc) is 2.25. The van der Waals surface area contributed by atoms with Crippen molar-refractivity contribution in [1.82, 2.24) is 0 Å². The molecule has 2 fully saturated rings. The van der Waals surface area contributed by atoms with Gasteiger partial charge >= 0.3 is 0 Å². The van der Waals surface area contributed by atoms with Gasteiger partial charge in [-0.3, -0.25) is 5.73 Å². The first-order valence-corrected chi connectivity index (χ1v) is 7.34. The molecule has 0 aromatic heterocycles. The van der Waals surface area contributed by atoms with Crippen molar-refractivity contribution in [2.24, 2.45) is 17.6 Å². The Kier molecular flexibility index (Phi) is 4.51. The Morgan fingerprint density at radius 2 is 2.06 bits per heavy atom. The van der Waals surface area contributed by atoms with Crippen LogP contribution in [-0.4, -0.2) is 24.6 Å². The minimum Gasteiger partial charge on any atom is -0.320 e. The summed E-state index contributed by atoms with van der Waals surface area (Å²) in [6.45, 7) is 4.83. The number of nitrogens with two attached hydrogens (primary N) is 1. The van der Waals surface area contributed by atoms with Crippen LogP contribution in [0.2, 0.25) is 0 Å². The molecule has 3 heteroatoms. The minimum absolute atomic E-state index is 0.365. The molecule has 2 rings (SSSR count). The first-order chi connectivity index (χ1) is 7.66. The number of likely N-dealkylation sites (tertiary alicyclic amines) is 1. The van der Waals surface area contributed by atoms with Crippen LogP contribution in [-0.2, 0) is 0 Å². The summed E-state index contributed by atoms with van der Waals surface area (Å²) in [5, 5.41) is 0.427. The summed E-state index contributed by atoms with van der Waals surface area (Å²) >= 11 is 6.25. The molecule has 3 N–H and O–H groups in total. The van der Waals surface area contributed by atoms with Crippen LogP contribution in [0.4, 0.5) is 0 Å². The normalized spacial score (nSPS) is 45.6. The van der Waals surface area contributed by atoms with Crippen molar-refractivity contribution in [3.63, 3.8) is 0 Å². The van der Waals surface area contributed by atoms with Crippen LogP contribution in [0.5, 0.6) is 0 Å². The molecule has 1 saturated carbocycles. The summed E-state index contributed by atoms with van der Waals surface area (Å²) in [6, 6.07) is 0. The summed E-state index contributed by atoms with van der Waals surface area (Å²) in [5.41, 5.74) is 6.30. The molecule has 0 bridgehead atoms. The van der Waals surface area contributed by atoms with E-state index < -0.39 is 0 Å². The number of hydrogen-bond donors (Lipinski definition) is 2. The summed E-state index contributed by atoms with van der Waals surface area (Å²) in [7, 11) is 0. The molecule has 0 aromatic rings. The average molecular weight is 246 g/mol. The molecule has 0 spiro atoms. The predicted molar refractivity (Wildman–Crippen MR) is 68.7 cm³/mol. The maximum atomic E-state index is 6.30. The number of rotatable bonds is 2. The van der Waals surface area contributed by atoms with E-state index in [9.17, 15) is 0 Å². The standard InChI is InChI=1S/C13H25ClN2/c1-10-4-3-7-16(13(10)15)9-11-5-2-6-12(14)8-11/h10-13H,2-9,15H2,1H3/p+1. The molecule has 0 radical (unpaired) electrons. The topological polar surface area (TPSA) is 30.5 Å². The fourth-order valence-corrected chi connectivity index (χ4v) is 3.83. The van der Waals surface area contributed by atoms with Crippen molar-refractivity contribution in [2.45, 2.75) is 57.0 Å². The lowest BCUT2D eigenvalue weighted by Crippen LogP contribution is -3.19. The van der Waals surface area contributed by atoms with Crippen molar-refractivity contribution < 1.29 is 4.90 Å². The molecule has 1 heterocycles. The molecule has 5 unspecified atom stereocenters. The van der Waals surface area contributed by atoms with Crippen LogP contribution in [0.25, 0.3) is 0 Å². The van der Waals surface area contributed by atoms with Gasteiger partial charge in [0.1, 0.15) is 6.17 Å². The molecule has 94 valence electrons. The highest BCUT2D eigenvalue weighted by molar-refractivity contribution is 6.20. The summed E-state index contributed by atoms with van der Waals surface area (Å²) < 4.78 is 0. The molecule has 0 aromatic carbocycles. The number of piperidine rings is 1. The molecule has 1 aliphatic heterocycles. The lowest BCUT2D eigenvalue weighted by Gasteiger charge is -2.37. The highest BCUT2D eigenvalue weighted by Crippen LogP contribution is 2.27. The maximum Gasteiger partial charge on any atom is 0.141 e. The number of alkyl halides is 1. The Hall–Kier alpha value is 0.210. The van der Waals surface area contributed by atoms with Gasteiger partial charge in [-0.15, -0.1) is 11.6 Å². The molecular weight excluding hydrogens is 220 g/mol. The van der Waals surface area contributed by atoms with E-state index in [2.05, 4.69) is 6.92 Å². The van der Waals surface area contributed by atoms with E-state index in [1.54, 1.807) is 4.90 Å². The van der Waals surface area contributed by atoms with Crippen LogP contribution in [0.15, 0.2) is 0 Å². The maximum absolute atomic E-state index is 6.30. The van der Waals surface area contributed by atoms with Crippen molar-refractivity contribution in [3.8, 4) is 0 Å². The third-order valence-corrected chi connectivity index (χ3v) is 4.91.